The summed E-state index contributed by atoms with van der Waals surface area (Å²) >= 11 is 1.54. The van der Waals surface area contributed by atoms with E-state index < -0.39 is 6.29 Å². The van der Waals surface area contributed by atoms with Gasteiger partial charge in [0.1, 0.15) is 6.33 Å². The first-order chi connectivity index (χ1) is 22.5. The van der Waals surface area contributed by atoms with Crippen LogP contribution in [0.15, 0.2) is 84.3 Å². The first kappa shape index (κ1) is 33.1. The highest BCUT2D eigenvalue weighted by atomic mass is 32.2. The first-order valence-corrected chi connectivity index (χ1v) is 16.5. The predicted octanol–water partition coefficient (Wildman–Crippen LogP) is 6.13. The second kappa shape index (κ2) is 16.9. The third kappa shape index (κ3) is 9.88. The molecule has 11 nitrogen and oxygen atoms in total. The maximum absolute atomic E-state index is 12.7. The second-order valence-corrected chi connectivity index (χ2v) is 12.2. The Balaban J connectivity index is 1.10. The predicted molar refractivity (Wildman–Crippen MR) is 178 cm³/mol. The number of aromatic nitrogens is 3. The number of benzene rings is 3. The number of nitrogen functional groups attached to an aromatic ring is 1. The van der Waals surface area contributed by atoms with Gasteiger partial charge in [-0.25, -0.2) is 4.98 Å². The molecule has 3 atom stereocenters. The topological polar surface area (TPSA) is 164 Å². The molecule has 1 aliphatic rings. The highest BCUT2D eigenvalue weighted by Crippen LogP contribution is 2.39. The van der Waals surface area contributed by atoms with Crippen molar-refractivity contribution in [2.24, 2.45) is 0 Å². The fourth-order valence-electron chi connectivity index (χ4n) is 5.19. The lowest BCUT2D eigenvalue weighted by Crippen LogP contribution is -2.31. The van der Waals surface area contributed by atoms with Crippen molar-refractivity contribution < 1.29 is 24.2 Å². The van der Waals surface area contributed by atoms with Gasteiger partial charge in [-0.15, -0.1) is 0 Å². The molecule has 1 aliphatic heterocycles. The number of anilines is 3. The minimum Gasteiger partial charge on any atom is -0.397 e. The minimum atomic E-state index is -0.635. The van der Waals surface area contributed by atoms with Crippen LogP contribution < -0.4 is 16.4 Å². The minimum absolute atomic E-state index is 0.0172. The summed E-state index contributed by atoms with van der Waals surface area (Å²) in [6.45, 7) is -0.0172. The van der Waals surface area contributed by atoms with E-state index in [-0.39, 0.29) is 30.6 Å². The van der Waals surface area contributed by atoms with Crippen molar-refractivity contribution >= 4 is 40.6 Å². The number of rotatable bonds is 15. The third-order valence-electron chi connectivity index (χ3n) is 7.65. The Hall–Kier alpha value is -4.23. The number of unbranched alkanes of at least 4 members (excludes halogenated alkanes) is 3. The number of ether oxygens (including phenoxy) is 2. The van der Waals surface area contributed by atoms with Crippen molar-refractivity contribution in [2.75, 3.05) is 22.1 Å². The number of para-hydroxylation sites is 2. The molecule has 1 fully saturated rings. The molecule has 1 saturated heterocycles. The van der Waals surface area contributed by atoms with Crippen molar-refractivity contribution in [3.8, 4) is 0 Å². The van der Waals surface area contributed by atoms with Gasteiger partial charge >= 0.3 is 0 Å². The molecule has 3 aromatic carbocycles. The number of nitrogens with zero attached hydrogens (tertiary/aromatic N) is 2. The number of aliphatic hydroxyl groups is 1. The van der Waals surface area contributed by atoms with Crippen molar-refractivity contribution in [1.82, 2.24) is 15.2 Å². The summed E-state index contributed by atoms with van der Waals surface area (Å²) < 4.78 is 12.8. The largest absolute Gasteiger partial charge is 0.397 e. The molecule has 2 amide bonds. The Morgan fingerprint density at radius 2 is 1.67 bits per heavy atom. The maximum Gasteiger partial charge on any atom is 0.224 e. The summed E-state index contributed by atoms with van der Waals surface area (Å²) in [5.74, 6) is 0.527. The molecule has 0 saturated carbocycles. The lowest BCUT2D eigenvalue weighted by Gasteiger charge is -2.36. The van der Waals surface area contributed by atoms with Gasteiger partial charge < -0.3 is 30.9 Å². The molecule has 0 bridgehead atoms. The number of H-pyrrole nitrogens is 1. The third-order valence-corrected chi connectivity index (χ3v) is 8.66. The van der Waals surface area contributed by atoms with Crippen LogP contribution in [0.3, 0.4) is 0 Å². The zero-order chi connectivity index (χ0) is 32.1. The number of carbonyl (C=O) groups is 2. The number of nitrogens with one attached hydrogen (secondary N) is 3. The van der Waals surface area contributed by atoms with E-state index in [1.54, 1.807) is 12.1 Å². The molecule has 12 heteroatoms. The standard InChI is InChI=1S/C34H40N6O5S/c35-28-10-5-6-11-29(28)39-32(43)13-4-2-1-3-12-31(42)38-26-9-7-8-25(18-26)33-44-27(21-46-34-36-22-37-40-34)19-30(45-33)24-16-14-23(20-41)15-17-24/h5-11,14-18,22,27,30,33,41H,1-4,12-13,19-21,35H2,(H,38,42)(H,39,43)(H,36,37,40)/t27-,30+,33+/m1/s1. The lowest BCUT2D eigenvalue weighted by molar-refractivity contribution is -0.245. The molecular weight excluding hydrogens is 604 g/mol. The lowest BCUT2D eigenvalue weighted by atomic mass is 10.0. The van der Waals surface area contributed by atoms with Crippen LogP contribution in [0.4, 0.5) is 17.1 Å². The van der Waals surface area contributed by atoms with Gasteiger partial charge in [0.15, 0.2) is 11.4 Å². The normalized spacial score (nSPS) is 17.8. The number of carbonyl (C=O) groups excluding carboxylic acids is 2. The molecule has 242 valence electrons. The maximum atomic E-state index is 12.7. The molecule has 46 heavy (non-hydrogen) atoms. The molecule has 6 N–H and O–H groups in total. The Kier molecular flexibility index (Phi) is 12.2. The van der Waals surface area contributed by atoms with E-state index in [2.05, 4.69) is 25.8 Å². The summed E-state index contributed by atoms with van der Waals surface area (Å²) in [5, 5.41) is 22.8. The summed E-state index contributed by atoms with van der Waals surface area (Å²) in [6.07, 6.45) is 5.14. The van der Waals surface area contributed by atoms with E-state index in [0.717, 1.165) is 47.5 Å². The zero-order valence-corrected chi connectivity index (χ0v) is 26.4. The molecular formula is C34H40N6O5S. The molecule has 2 heterocycles. The van der Waals surface area contributed by atoms with E-state index in [4.69, 9.17) is 15.2 Å². The molecule has 0 radical (unpaired) electrons. The van der Waals surface area contributed by atoms with Crippen LogP contribution in [0, 0.1) is 0 Å². The quantitative estimate of drug-likeness (QED) is 0.0581. The van der Waals surface area contributed by atoms with Crippen molar-refractivity contribution in [3.63, 3.8) is 0 Å². The van der Waals surface area contributed by atoms with Gasteiger partial charge in [0, 0.05) is 36.3 Å². The average Bonchev–Trinajstić information content (AvgIpc) is 3.60. The van der Waals surface area contributed by atoms with Crippen LogP contribution in [0.1, 0.15) is 74.0 Å². The van der Waals surface area contributed by atoms with E-state index in [9.17, 15) is 14.7 Å². The number of aromatic amines is 1. The van der Waals surface area contributed by atoms with Gasteiger partial charge in [0.2, 0.25) is 11.8 Å². The zero-order valence-electron chi connectivity index (χ0n) is 25.6. The van der Waals surface area contributed by atoms with Gasteiger partial charge in [0.05, 0.1) is 30.2 Å². The van der Waals surface area contributed by atoms with Crippen LogP contribution in [-0.4, -0.2) is 44.0 Å². The number of hydrogen-bond donors (Lipinski definition) is 5. The Morgan fingerprint density at radius 3 is 2.39 bits per heavy atom. The number of hydrogen-bond acceptors (Lipinski definition) is 9. The van der Waals surface area contributed by atoms with Crippen LogP contribution in [0.5, 0.6) is 0 Å². The molecule has 0 spiro atoms. The van der Waals surface area contributed by atoms with E-state index in [0.29, 0.717) is 42.1 Å². The van der Waals surface area contributed by atoms with Crippen LogP contribution in [0.2, 0.25) is 0 Å². The van der Waals surface area contributed by atoms with Crippen LogP contribution in [-0.2, 0) is 25.7 Å². The van der Waals surface area contributed by atoms with Gasteiger partial charge in [-0.1, -0.05) is 73.1 Å². The fraction of sp³-hybridized carbons (Fsp3) is 0.353. The Labute approximate surface area is 272 Å². The molecule has 1 aromatic heterocycles. The number of amides is 2. The summed E-state index contributed by atoms with van der Waals surface area (Å²) in [4.78, 5) is 29.1. The number of aliphatic hydroxyl groups excluding tert-OH is 1. The SMILES string of the molecule is Nc1ccccc1NC(=O)CCCCCCC(=O)Nc1cccc([C@H]2O[C@@H](CSc3ncn[nH]3)C[C@@H](c3ccc(CO)cc3)O2)c1. The second-order valence-electron chi connectivity index (χ2n) is 11.2. The van der Waals surface area contributed by atoms with E-state index in [1.807, 2.05) is 60.7 Å². The average molecular weight is 645 g/mol. The Morgan fingerprint density at radius 1 is 0.913 bits per heavy atom. The van der Waals surface area contributed by atoms with E-state index in [1.165, 1.54) is 18.1 Å². The van der Waals surface area contributed by atoms with Gasteiger partial charge in [-0.2, -0.15) is 5.10 Å². The van der Waals surface area contributed by atoms with E-state index >= 15 is 0 Å². The highest BCUT2D eigenvalue weighted by Gasteiger charge is 2.32. The van der Waals surface area contributed by atoms with Crippen LogP contribution >= 0.6 is 11.8 Å². The van der Waals surface area contributed by atoms with Crippen LogP contribution in [0.25, 0.3) is 0 Å². The monoisotopic (exact) mass is 644 g/mol. The Bertz CT molecular complexity index is 1550. The molecule has 4 aromatic rings. The fourth-order valence-corrected chi connectivity index (χ4v) is 5.99. The van der Waals surface area contributed by atoms with Gasteiger partial charge in [0.25, 0.3) is 0 Å². The van der Waals surface area contributed by atoms with Gasteiger partial charge in [-0.3, -0.25) is 14.7 Å². The summed E-state index contributed by atoms with van der Waals surface area (Å²) in [5.41, 5.74) is 10.4. The first-order valence-electron chi connectivity index (χ1n) is 15.5. The molecule has 0 unspecified atom stereocenters. The summed E-state index contributed by atoms with van der Waals surface area (Å²) in [6, 6.07) is 22.5. The molecule has 5 rings (SSSR count). The smallest absolute Gasteiger partial charge is 0.224 e. The number of thioether (sulfide) groups is 1. The van der Waals surface area contributed by atoms with Crippen molar-refractivity contribution in [3.05, 3.63) is 95.8 Å². The highest BCUT2D eigenvalue weighted by molar-refractivity contribution is 7.99. The van der Waals surface area contributed by atoms with Crippen molar-refractivity contribution in [2.45, 2.75) is 75.2 Å². The molecule has 0 aliphatic carbocycles. The summed E-state index contributed by atoms with van der Waals surface area (Å²) in [7, 11) is 0. The van der Waals surface area contributed by atoms with Gasteiger partial charge in [-0.05, 0) is 48.2 Å². The number of nitrogens with two attached hydrogens (primary N) is 1. The van der Waals surface area contributed by atoms with Crippen molar-refractivity contribution in [1.29, 1.82) is 0 Å².